The minimum Gasteiger partial charge on any atom is -0.444 e. The minimum absolute atomic E-state index is 0.0877. The van der Waals surface area contributed by atoms with Gasteiger partial charge in [0.1, 0.15) is 17.2 Å². The van der Waals surface area contributed by atoms with E-state index in [0.29, 0.717) is 24.6 Å². The molecule has 0 aromatic heterocycles. The van der Waals surface area contributed by atoms with E-state index < -0.39 is 35.6 Å². The van der Waals surface area contributed by atoms with Gasteiger partial charge in [0.15, 0.2) is 0 Å². The molecule has 3 fully saturated rings. The lowest BCUT2D eigenvalue weighted by molar-refractivity contribution is 0.00550. The molecule has 0 spiro atoms. The predicted octanol–water partition coefficient (Wildman–Crippen LogP) is 3.78. The zero-order valence-corrected chi connectivity index (χ0v) is 23.4. The molecular weight excluding hydrogens is 479 g/mol. The van der Waals surface area contributed by atoms with Crippen LogP contribution in [-0.2, 0) is 20.6 Å². The van der Waals surface area contributed by atoms with Gasteiger partial charge in [0, 0.05) is 44.3 Å². The second-order valence-electron chi connectivity index (χ2n) is 12.6. The first-order valence-corrected chi connectivity index (χ1v) is 13.4. The summed E-state index contributed by atoms with van der Waals surface area (Å²) in [5.74, 6) is -1.13. The average molecular weight is 521 g/mol. The normalized spacial score (nSPS) is 23.5. The molecule has 3 aliphatic rings. The Labute approximate surface area is 220 Å². The first-order valence-electron chi connectivity index (χ1n) is 13.4. The van der Waals surface area contributed by atoms with Gasteiger partial charge in [-0.1, -0.05) is 0 Å². The largest absolute Gasteiger partial charge is 0.495 e. The number of rotatable bonds is 4. The number of nitrogens with zero attached hydrogens (tertiary/aromatic N) is 3. The van der Waals surface area contributed by atoms with Gasteiger partial charge in [0.25, 0.3) is 0 Å². The fourth-order valence-electron chi connectivity index (χ4n) is 5.15. The van der Waals surface area contributed by atoms with Crippen molar-refractivity contribution in [2.75, 3.05) is 39.3 Å². The van der Waals surface area contributed by atoms with Crippen LogP contribution in [0.25, 0.3) is 0 Å². The van der Waals surface area contributed by atoms with Crippen molar-refractivity contribution in [1.82, 2.24) is 14.7 Å². The smallest absolute Gasteiger partial charge is 0.444 e. The summed E-state index contributed by atoms with van der Waals surface area (Å²) in [5.41, 5.74) is -1.19. The van der Waals surface area contributed by atoms with Crippen molar-refractivity contribution in [3.8, 4) is 0 Å². The van der Waals surface area contributed by atoms with Gasteiger partial charge in [-0.25, -0.2) is 13.6 Å². The maximum absolute atomic E-state index is 15.0. The highest BCUT2D eigenvalue weighted by Crippen LogP contribution is 2.36. The highest BCUT2D eigenvalue weighted by Gasteiger charge is 2.52. The van der Waals surface area contributed by atoms with E-state index in [2.05, 4.69) is 9.80 Å². The van der Waals surface area contributed by atoms with Gasteiger partial charge in [0.05, 0.1) is 11.2 Å². The van der Waals surface area contributed by atoms with Gasteiger partial charge in [-0.3, -0.25) is 9.80 Å². The van der Waals surface area contributed by atoms with Gasteiger partial charge in [-0.05, 0) is 92.0 Å². The van der Waals surface area contributed by atoms with Crippen LogP contribution in [-0.4, -0.2) is 90.0 Å². The van der Waals surface area contributed by atoms with Crippen molar-refractivity contribution >= 4 is 18.7 Å². The topological polar surface area (TPSA) is 54.5 Å². The number of likely N-dealkylation sites (tertiary alicyclic amines) is 1. The Morgan fingerprint density at radius 1 is 0.973 bits per heavy atom. The summed E-state index contributed by atoms with van der Waals surface area (Å²) in [4.78, 5) is 18.6. The maximum Gasteiger partial charge on any atom is 0.495 e. The predicted molar refractivity (Wildman–Crippen MR) is 140 cm³/mol. The lowest BCUT2D eigenvalue weighted by Gasteiger charge is -2.42. The summed E-state index contributed by atoms with van der Waals surface area (Å²) in [6.45, 7) is 18.0. The third-order valence-corrected chi connectivity index (χ3v) is 8.11. The molecule has 3 saturated heterocycles. The second kappa shape index (κ2) is 10.4. The number of carbonyl (C=O) groups is 1. The van der Waals surface area contributed by atoms with Gasteiger partial charge < -0.3 is 18.9 Å². The number of carbonyl (C=O) groups excluding carboxylic acids is 1. The number of halogens is 2. The van der Waals surface area contributed by atoms with E-state index >= 15 is 8.78 Å². The van der Waals surface area contributed by atoms with Gasteiger partial charge >= 0.3 is 13.2 Å². The molecular formula is C27H42BF2N3O4. The Hall–Kier alpha value is -1.75. The van der Waals surface area contributed by atoms with Crippen molar-refractivity contribution < 1.29 is 27.6 Å². The molecule has 3 heterocycles. The maximum atomic E-state index is 15.0. The van der Waals surface area contributed by atoms with Crippen LogP contribution in [0.15, 0.2) is 12.1 Å². The van der Waals surface area contributed by atoms with Crippen LogP contribution in [0.4, 0.5) is 13.6 Å². The molecule has 206 valence electrons. The fraction of sp³-hybridized carbons (Fsp3) is 0.741. The lowest BCUT2D eigenvalue weighted by atomic mass is 9.78. The minimum atomic E-state index is -0.797. The number of benzene rings is 1. The summed E-state index contributed by atoms with van der Waals surface area (Å²) in [6, 6.07) is 3.10. The molecule has 0 aliphatic carbocycles. The zero-order valence-electron chi connectivity index (χ0n) is 23.4. The van der Waals surface area contributed by atoms with E-state index in [1.165, 1.54) is 12.1 Å². The van der Waals surface area contributed by atoms with Crippen molar-refractivity contribution in [1.29, 1.82) is 0 Å². The molecule has 4 rings (SSSR count). The number of ether oxygens (including phenoxy) is 1. The molecule has 0 bridgehead atoms. The van der Waals surface area contributed by atoms with Crippen LogP contribution in [0.3, 0.4) is 0 Å². The van der Waals surface area contributed by atoms with E-state index in [1.54, 1.807) is 4.90 Å². The lowest BCUT2D eigenvalue weighted by Crippen LogP contribution is -2.54. The molecule has 0 N–H and O–H groups in total. The zero-order chi connectivity index (χ0) is 27.2. The third kappa shape index (κ3) is 6.46. The van der Waals surface area contributed by atoms with Gasteiger partial charge in [0.2, 0.25) is 0 Å². The second-order valence-corrected chi connectivity index (χ2v) is 12.6. The van der Waals surface area contributed by atoms with Crippen molar-refractivity contribution in [3.05, 3.63) is 29.3 Å². The molecule has 1 aromatic rings. The average Bonchev–Trinajstić information content (AvgIpc) is 3.02. The molecule has 10 heteroatoms. The number of piperazine rings is 1. The Morgan fingerprint density at radius 3 is 1.97 bits per heavy atom. The molecule has 0 radical (unpaired) electrons. The summed E-state index contributed by atoms with van der Waals surface area (Å²) in [7, 11) is -0.797. The molecule has 0 unspecified atom stereocenters. The van der Waals surface area contributed by atoms with Crippen molar-refractivity contribution in [2.45, 2.75) is 90.7 Å². The van der Waals surface area contributed by atoms with E-state index in [-0.39, 0.29) is 18.2 Å². The van der Waals surface area contributed by atoms with Crippen LogP contribution in [0.2, 0.25) is 0 Å². The SMILES string of the molecule is CC(C)(C)OC(=O)N1CCN(C2CCN(Cc3c(F)cc(B4OC(C)(C)C(C)(C)O4)cc3F)CC2)CC1. The molecule has 1 aromatic carbocycles. The Morgan fingerprint density at radius 2 is 1.49 bits per heavy atom. The Kier molecular flexibility index (Phi) is 7.97. The molecule has 0 saturated carbocycles. The number of piperidine rings is 1. The summed E-state index contributed by atoms with van der Waals surface area (Å²) < 4.78 is 47.5. The van der Waals surface area contributed by atoms with Crippen LogP contribution in [0.5, 0.6) is 0 Å². The van der Waals surface area contributed by atoms with Crippen LogP contribution >= 0.6 is 0 Å². The molecule has 1 amide bonds. The van der Waals surface area contributed by atoms with Crippen LogP contribution < -0.4 is 5.46 Å². The van der Waals surface area contributed by atoms with E-state index in [4.69, 9.17) is 14.0 Å². The van der Waals surface area contributed by atoms with E-state index in [1.807, 2.05) is 48.5 Å². The fourth-order valence-corrected chi connectivity index (χ4v) is 5.15. The summed E-state index contributed by atoms with van der Waals surface area (Å²) in [5, 5.41) is 0. The molecule has 7 nitrogen and oxygen atoms in total. The number of hydrogen-bond acceptors (Lipinski definition) is 6. The first-order chi connectivity index (χ1) is 17.1. The summed E-state index contributed by atoms with van der Waals surface area (Å²) >= 11 is 0. The summed E-state index contributed by atoms with van der Waals surface area (Å²) in [6.07, 6.45) is 1.61. The first kappa shape index (κ1) is 28.3. The number of hydrogen-bond donors (Lipinski definition) is 0. The standard InChI is InChI=1S/C27H42BF2N3O4/c1-25(2,3)35-24(34)33-14-12-32(13-15-33)20-8-10-31(11-9-20)18-21-22(29)16-19(17-23(21)30)28-36-26(4,5)27(6,7)37-28/h16-17,20H,8-15,18H2,1-7H3. The Bertz CT molecular complexity index is 945. The van der Waals surface area contributed by atoms with Gasteiger partial charge in [-0.2, -0.15) is 0 Å². The van der Waals surface area contributed by atoms with Crippen molar-refractivity contribution in [2.24, 2.45) is 0 Å². The molecule has 3 aliphatic heterocycles. The van der Waals surface area contributed by atoms with Crippen molar-refractivity contribution in [3.63, 3.8) is 0 Å². The highest BCUT2D eigenvalue weighted by atomic mass is 19.1. The highest BCUT2D eigenvalue weighted by molar-refractivity contribution is 6.62. The monoisotopic (exact) mass is 521 g/mol. The third-order valence-electron chi connectivity index (χ3n) is 8.11. The van der Waals surface area contributed by atoms with Crippen LogP contribution in [0, 0.1) is 11.6 Å². The molecule has 0 atom stereocenters. The van der Waals surface area contributed by atoms with Gasteiger partial charge in [-0.15, -0.1) is 0 Å². The Balaban J connectivity index is 1.28. The molecule has 37 heavy (non-hydrogen) atoms. The van der Waals surface area contributed by atoms with E-state index in [0.717, 1.165) is 39.0 Å². The number of amides is 1. The quantitative estimate of drug-likeness (QED) is 0.563. The van der Waals surface area contributed by atoms with Crippen LogP contribution in [0.1, 0.15) is 66.9 Å². The van der Waals surface area contributed by atoms with E-state index in [9.17, 15) is 4.79 Å².